The quantitative estimate of drug-likeness (QED) is 0.629. The number of nitrogens with zero attached hydrogens (tertiary/aromatic N) is 5. The molecule has 1 aromatic carbocycles. The molecule has 0 aliphatic carbocycles. The van der Waals surface area contributed by atoms with Crippen LogP contribution in [-0.2, 0) is 0 Å². The second kappa shape index (κ2) is 5.76. The first-order valence-corrected chi connectivity index (χ1v) is 7.11. The highest BCUT2D eigenvalue weighted by Gasteiger charge is 2.09. The number of hydrogen-bond donors (Lipinski definition) is 1. The van der Waals surface area contributed by atoms with E-state index >= 15 is 0 Å². The van der Waals surface area contributed by atoms with Crippen molar-refractivity contribution in [2.45, 2.75) is 0 Å². The molecule has 0 amide bonds. The third kappa shape index (κ3) is 2.69. The van der Waals surface area contributed by atoms with E-state index in [1.807, 2.05) is 42.5 Å². The molecule has 3 aromatic heterocycles. The molecule has 0 aliphatic heterocycles. The zero-order valence-corrected chi connectivity index (χ0v) is 12.1. The fourth-order valence-electron chi connectivity index (χ4n) is 2.21. The minimum atomic E-state index is 0.628. The van der Waals surface area contributed by atoms with E-state index in [9.17, 15) is 0 Å². The molecular weight excluding hydrogens is 288 g/mol. The summed E-state index contributed by atoms with van der Waals surface area (Å²) >= 11 is 0. The lowest BCUT2D eigenvalue weighted by Crippen LogP contribution is -1.90. The van der Waals surface area contributed by atoms with Crippen LogP contribution in [0.5, 0.6) is 0 Å². The molecule has 0 aliphatic rings. The van der Waals surface area contributed by atoms with Gasteiger partial charge in [-0.15, -0.1) is 10.2 Å². The second-order valence-corrected chi connectivity index (χ2v) is 4.93. The van der Waals surface area contributed by atoms with E-state index in [2.05, 4.69) is 30.1 Å². The van der Waals surface area contributed by atoms with Crippen LogP contribution >= 0.6 is 0 Å². The van der Waals surface area contributed by atoms with E-state index in [0.29, 0.717) is 17.5 Å². The van der Waals surface area contributed by atoms with Gasteiger partial charge in [-0.1, -0.05) is 30.3 Å². The molecule has 110 valence electrons. The van der Waals surface area contributed by atoms with Crippen LogP contribution in [0, 0.1) is 0 Å². The third-order valence-electron chi connectivity index (χ3n) is 3.38. The van der Waals surface area contributed by atoms with Crippen molar-refractivity contribution < 1.29 is 0 Å². The Balaban J connectivity index is 1.63. The summed E-state index contributed by atoms with van der Waals surface area (Å²) in [6.07, 6.45) is 6.93. The Kier molecular flexibility index (Phi) is 3.32. The average Bonchev–Trinajstić information content (AvgIpc) is 3.14. The smallest absolute Gasteiger partial charge is 0.164 e. The average molecular weight is 300 g/mol. The predicted molar refractivity (Wildman–Crippen MR) is 86.1 cm³/mol. The molecule has 6 nitrogen and oxygen atoms in total. The number of hydrogen-bond acceptors (Lipinski definition) is 5. The number of H-pyrrole nitrogens is 1. The highest BCUT2D eigenvalue weighted by Crippen LogP contribution is 2.20. The van der Waals surface area contributed by atoms with Crippen LogP contribution in [-0.4, -0.2) is 30.1 Å². The van der Waals surface area contributed by atoms with Gasteiger partial charge in [0.15, 0.2) is 17.5 Å². The Labute approximate surface area is 132 Å². The fourth-order valence-corrected chi connectivity index (χ4v) is 2.21. The zero-order chi connectivity index (χ0) is 15.5. The SMILES string of the molecule is c1ccc(-c2ncc(-c3nnc(-c4cccnc4)[nH]3)cn2)cc1. The van der Waals surface area contributed by atoms with Gasteiger partial charge in [0.05, 0.1) is 5.56 Å². The normalized spacial score (nSPS) is 10.6. The van der Waals surface area contributed by atoms with Crippen LogP contribution in [0.3, 0.4) is 0 Å². The standard InChI is InChI=1S/C17H12N6/c1-2-5-12(6-3-1)15-19-10-14(11-20-15)17-21-16(22-23-17)13-7-4-8-18-9-13/h1-11H,(H,21,22,23). The molecule has 0 fully saturated rings. The number of pyridine rings is 1. The Morgan fingerprint density at radius 2 is 1.35 bits per heavy atom. The maximum absolute atomic E-state index is 4.40. The van der Waals surface area contributed by atoms with Gasteiger partial charge in [-0.2, -0.15) is 0 Å². The van der Waals surface area contributed by atoms with E-state index in [1.165, 1.54) is 0 Å². The minimum absolute atomic E-state index is 0.628. The van der Waals surface area contributed by atoms with Gasteiger partial charge in [-0.05, 0) is 12.1 Å². The van der Waals surface area contributed by atoms with Gasteiger partial charge in [0.1, 0.15) is 0 Å². The lowest BCUT2D eigenvalue weighted by atomic mass is 10.2. The lowest BCUT2D eigenvalue weighted by Gasteiger charge is -2.00. The van der Waals surface area contributed by atoms with Crippen molar-refractivity contribution >= 4 is 0 Å². The van der Waals surface area contributed by atoms with Gasteiger partial charge in [-0.25, -0.2) is 9.97 Å². The first kappa shape index (κ1) is 13.3. The van der Waals surface area contributed by atoms with E-state index in [1.54, 1.807) is 24.8 Å². The van der Waals surface area contributed by atoms with Crippen molar-refractivity contribution in [1.82, 2.24) is 30.1 Å². The van der Waals surface area contributed by atoms with Crippen LogP contribution in [0.4, 0.5) is 0 Å². The highest BCUT2D eigenvalue weighted by molar-refractivity contribution is 5.61. The summed E-state index contributed by atoms with van der Waals surface area (Å²) in [7, 11) is 0. The van der Waals surface area contributed by atoms with Gasteiger partial charge in [0.25, 0.3) is 0 Å². The highest BCUT2D eigenvalue weighted by atomic mass is 15.2. The molecule has 0 unspecified atom stereocenters. The molecule has 0 radical (unpaired) electrons. The zero-order valence-electron chi connectivity index (χ0n) is 12.1. The Hall–Kier alpha value is -3.41. The predicted octanol–water partition coefficient (Wildman–Crippen LogP) is 2.99. The summed E-state index contributed by atoms with van der Waals surface area (Å²) in [5, 5.41) is 8.29. The van der Waals surface area contributed by atoms with E-state index in [0.717, 1.165) is 16.7 Å². The Bertz CT molecular complexity index is 901. The van der Waals surface area contributed by atoms with Gasteiger partial charge < -0.3 is 4.98 Å². The topological polar surface area (TPSA) is 80.2 Å². The van der Waals surface area contributed by atoms with Gasteiger partial charge in [-0.3, -0.25) is 4.98 Å². The molecule has 3 heterocycles. The summed E-state index contributed by atoms with van der Waals surface area (Å²) < 4.78 is 0. The van der Waals surface area contributed by atoms with E-state index < -0.39 is 0 Å². The fraction of sp³-hybridized carbons (Fsp3) is 0. The van der Waals surface area contributed by atoms with Gasteiger partial charge in [0, 0.05) is 35.9 Å². The van der Waals surface area contributed by atoms with Gasteiger partial charge >= 0.3 is 0 Å². The second-order valence-electron chi connectivity index (χ2n) is 4.93. The molecule has 0 atom stereocenters. The molecule has 4 rings (SSSR count). The van der Waals surface area contributed by atoms with Crippen molar-refractivity contribution in [3.63, 3.8) is 0 Å². The number of rotatable bonds is 3. The van der Waals surface area contributed by atoms with Crippen LogP contribution in [0.1, 0.15) is 0 Å². The molecular formula is C17H12N6. The molecule has 0 saturated heterocycles. The number of aromatic amines is 1. The molecule has 0 saturated carbocycles. The number of nitrogens with one attached hydrogen (secondary N) is 1. The largest absolute Gasteiger partial charge is 0.321 e. The monoisotopic (exact) mass is 300 g/mol. The summed E-state index contributed by atoms with van der Waals surface area (Å²) in [6.45, 7) is 0. The molecule has 6 heteroatoms. The first-order chi connectivity index (χ1) is 11.4. The van der Waals surface area contributed by atoms with Crippen LogP contribution in [0.15, 0.2) is 67.3 Å². The van der Waals surface area contributed by atoms with Crippen LogP contribution < -0.4 is 0 Å². The Morgan fingerprint density at radius 1 is 0.652 bits per heavy atom. The summed E-state index contributed by atoms with van der Waals surface area (Å²) in [5.74, 6) is 1.98. The molecule has 0 bridgehead atoms. The molecule has 1 N–H and O–H groups in total. The third-order valence-corrected chi connectivity index (χ3v) is 3.38. The molecule has 4 aromatic rings. The molecule has 23 heavy (non-hydrogen) atoms. The van der Waals surface area contributed by atoms with Crippen LogP contribution in [0.2, 0.25) is 0 Å². The minimum Gasteiger partial charge on any atom is -0.321 e. The Morgan fingerprint density at radius 3 is 2.04 bits per heavy atom. The van der Waals surface area contributed by atoms with Crippen molar-refractivity contribution in [2.75, 3.05) is 0 Å². The van der Waals surface area contributed by atoms with Crippen molar-refractivity contribution in [3.8, 4) is 34.2 Å². The summed E-state index contributed by atoms with van der Waals surface area (Å²) in [6, 6.07) is 13.6. The maximum atomic E-state index is 4.40. The van der Waals surface area contributed by atoms with E-state index in [-0.39, 0.29) is 0 Å². The first-order valence-electron chi connectivity index (χ1n) is 7.11. The van der Waals surface area contributed by atoms with Crippen molar-refractivity contribution in [2.24, 2.45) is 0 Å². The van der Waals surface area contributed by atoms with Gasteiger partial charge in [0.2, 0.25) is 0 Å². The summed E-state index contributed by atoms with van der Waals surface area (Å²) in [5.41, 5.74) is 2.65. The summed E-state index contributed by atoms with van der Waals surface area (Å²) in [4.78, 5) is 16.0. The van der Waals surface area contributed by atoms with Crippen molar-refractivity contribution in [3.05, 3.63) is 67.3 Å². The molecule has 0 spiro atoms. The van der Waals surface area contributed by atoms with E-state index in [4.69, 9.17) is 0 Å². The van der Waals surface area contributed by atoms with Crippen molar-refractivity contribution in [1.29, 1.82) is 0 Å². The lowest BCUT2D eigenvalue weighted by molar-refractivity contribution is 1.09. The number of aromatic nitrogens is 6. The van der Waals surface area contributed by atoms with Crippen LogP contribution in [0.25, 0.3) is 34.2 Å². The maximum Gasteiger partial charge on any atom is 0.164 e. The number of benzene rings is 1.